The number of carboxylic acid groups (broad SMARTS) is 1. The van der Waals surface area contributed by atoms with Gasteiger partial charge in [0.15, 0.2) is 5.69 Å². The molecule has 0 aliphatic carbocycles. The van der Waals surface area contributed by atoms with Crippen LogP contribution in [-0.2, 0) is 11.3 Å². The molecule has 1 aromatic heterocycles. The third-order valence-corrected chi connectivity index (χ3v) is 5.10. The van der Waals surface area contributed by atoms with E-state index in [0.29, 0.717) is 36.7 Å². The Labute approximate surface area is 157 Å². The normalized spacial score (nSPS) is 17.2. The summed E-state index contributed by atoms with van der Waals surface area (Å²) in [5.41, 5.74) is 0.0352. The van der Waals surface area contributed by atoms with Crippen molar-refractivity contribution in [3.05, 3.63) is 40.3 Å². The van der Waals surface area contributed by atoms with Crippen molar-refractivity contribution in [2.75, 3.05) is 13.1 Å². The second kappa shape index (κ2) is 8.33. The van der Waals surface area contributed by atoms with E-state index in [-0.39, 0.29) is 23.7 Å². The molecule has 2 heterocycles. The van der Waals surface area contributed by atoms with Gasteiger partial charge in [-0.25, -0.2) is 4.68 Å². The fourth-order valence-electron chi connectivity index (χ4n) is 3.57. The third kappa shape index (κ3) is 4.02. The van der Waals surface area contributed by atoms with Gasteiger partial charge in [-0.2, -0.15) is 5.10 Å². The van der Waals surface area contributed by atoms with Gasteiger partial charge in [0.05, 0.1) is 11.3 Å². The molecule has 1 amide bonds. The maximum absolute atomic E-state index is 13.1. The molecule has 0 radical (unpaired) electrons. The maximum Gasteiger partial charge on any atom is 0.308 e. The number of hydrogen-bond acceptors (Lipinski definition) is 4. The average Bonchev–Trinajstić information content (AvgIpc) is 2.69. The fraction of sp³-hybridized carbons (Fsp3) is 0.500. The molecule has 3 rings (SSSR count). The average molecular weight is 371 g/mol. The van der Waals surface area contributed by atoms with E-state index >= 15 is 0 Å². The van der Waals surface area contributed by atoms with Crippen LogP contribution in [0.4, 0.5) is 0 Å². The van der Waals surface area contributed by atoms with Crippen molar-refractivity contribution in [2.45, 2.75) is 45.6 Å². The van der Waals surface area contributed by atoms with Crippen molar-refractivity contribution in [2.24, 2.45) is 5.92 Å². The highest BCUT2D eigenvalue weighted by Gasteiger charge is 2.30. The lowest BCUT2D eigenvalue weighted by atomic mass is 9.98. The highest BCUT2D eigenvalue weighted by molar-refractivity contribution is 6.04. The van der Waals surface area contributed by atoms with Crippen LogP contribution in [0.3, 0.4) is 0 Å². The minimum absolute atomic E-state index is 0.180. The van der Waals surface area contributed by atoms with Gasteiger partial charge in [0.25, 0.3) is 11.5 Å². The number of fused-ring (bicyclic) bond motifs is 1. The van der Waals surface area contributed by atoms with Gasteiger partial charge >= 0.3 is 5.97 Å². The number of rotatable bonds is 6. The van der Waals surface area contributed by atoms with Crippen molar-refractivity contribution in [1.29, 1.82) is 0 Å². The Morgan fingerprint density at radius 2 is 1.96 bits per heavy atom. The molecular formula is C20H25N3O4. The topological polar surface area (TPSA) is 92.5 Å². The van der Waals surface area contributed by atoms with Gasteiger partial charge in [-0.3, -0.25) is 14.4 Å². The molecule has 1 saturated heterocycles. The second-order valence-electron chi connectivity index (χ2n) is 7.06. The van der Waals surface area contributed by atoms with Crippen LogP contribution in [-0.4, -0.2) is 44.8 Å². The Morgan fingerprint density at radius 3 is 2.67 bits per heavy atom. The Kier molecular flexibility index (Phi) is 5.88. The third-order valence-electron chi connectivity index (χ3n) is 5.10. The van der Waals surface area contributed by atoms with E-state index in [1.165, 1.54) is 4.68 Å². The van der Waals surface area contributed by atoms with E-state index in [2.05, 4.69) is 12.0 Å². The van der Waals surface area contributed by atoms with Gasteiger partial charge in [0.2, 0.25) is 0 Å². The zero-order valence-corrected chi connectivity index (χ0v) is 15.6. The molecule has 0 bridgehead atoms. The lowest BCUT2D eigenvalue weighted by molar-refractivity contribution is -0.143. The van der Waals surface area contributed by atoms with Crippen LogP contribution in [0.15, 0.2) is 29.1 Å². The second-order valence-corrected chi connectivity index (χ2v) is 7.06. The van der Waals surface area contributed by atoms with Crippen LogP contribution >= 0.6 is 0 Å². The summed E-state index contributed by atoms with van der Waals surface area (Å²) in [7, 11) is 0. The van der Waals surface area contributed by atoms with Gasteiger partial charge < -0.3 is 10.0 Å². The first kappa shape index (κ1) is 19.1. The number of carboxylic acids is 1. The first-order valence-electron chi connectivity index (χ1n) is 9.55. The van der Waals surface area contributed by atoms with E-state index in [1.54, 1.807) is 29.2 Å². The quantitative estimate of drug-likeness (QED) is 0.788. The Bertz CT molecular complexity index is 906. The highest BCUT2D eigenvalue weighted by Crippen LogP contribution is 2.21. The molecule has 7 nitrogen and oxygen atoms in total. The van der Waals surface area contributed by atoms with Crippen molar-refractivity contribution in [1.82, 2.24) is 14.7 Å². The number of aryl methyl sites for hydroxylation is 1. The van der Waals surface area contributed by atoms with Crippen LogP contribution in [0.1, 0.15) is 49.5 Å². The lowest BCUT2D eigenvalue weighted by Gasteiger charge is -2.30. The maximum atomic E-state index is 13.1. The van der Waals surface area contributed by atoms with Gasteiger partial charge in [-0.1, -0.05) is 38.0 Å². The molecule has 1 fully saturated rings. The van der Waals surface area contributed by atoms with Crippen molar-refractivity contribution < 1.29 is 14.7 Å². The van der Waals surface area contributed by atoms with Gasteiger partial charge in [-0.05, 0) is 25.3 Å². The van der Waals surface area contributed by atoms with Crippen molar-refractivity contribution in [3.8, 4) is 0 Å². The van der Waals surface area contributed by atoms with E-state index in [4.69, 9.17) is 0 Å². The number of benzene rings is 1. The molecular weight excluding hydrogens is 346 g/mol. The molecule has 7 heteroatoms. The predicted molar refractivity (Wildman–Crippen MR) is 102 cm³/mol. The number of unbranched alkanes of at least 4 members (excludes halogenated alkanes) is 2. The van der Waals surface area contributed by atoms with Gasteiger partial charge in [0, 0.05) is 25.0 Å². The van der Waals surface area contributed by atoms with E-state index < -0.39 is 11.9 Å². The number of piperidine rings is 1. The first-order valence-corrected chi connectivity index (χ1v) is 9.55. The molecule has 27 heavy (non-hydrogen) atoms. The molecule has 1 aliphatic rings. The summed E-state index contributed by atoms with van der Waals surface area (Å²) in [6.07, 6.45) is 4.05. The molecule has 1 aliphatic heterocycles. The van der Waals surface area contributed by atoms with Crippen LogP contribution in [0.25, 0.3) is 10.8 Å². The number of carbonyl (C=O) groups is 2. The summed E-state index contributed by atoms with van der Waals surface area (Å²) in [5.74, 6) is -1.74. The predicted octanol–water partition coefficient (Wildman–Crippen LogP) is 2.52. The van der Waals surface area contributed by atoms with Crippen LogP contribution in [0, 0.1) is 5.92 Å². The number of nitrogens with zero attached hydrogens (tertiary/aromatic N) is 3. The molecule has 0 unspecified atom stereocenters. The minimum Gasteiger partial charge on any atom is -0.481 e. The highest BCUT2D eigenvalue weighted by atomic mass is 16.4. The monoisotopic (exact) mass is 371 g/mol. The summed E-state index contributed by atoms with van der Waals surface area (Å²) in [6, 6.07) is 6.99. The van der Waals surface area contributed by atoms with Crippen molar-refractivity contribution >= 4 is 22.6 Å². The standard InChI is InChI=1S/C20H25N3O4/c1-2-3-6-12-23-18(24)16-10-5-4-9-15(16)17(21-23)19(25)22-11-7-8-14(13-22)20(26)27/h4-5,9-10,14H,2-3,6-8,11-13H2,1H3,(H,26,27)/t14-/m1/s1. The Hall–Kier alpha value is -2.70. The van der Waals surface area contributed by atoms with E-state index in [1.807, 2.05) is 0 Å². The Morgan fingerprint density at radius 1 is 1.22 bits per heavy atom. The lowest BCUT2D eigenvalue weighted by Crippen LogP contribution is -2.43. The summed E-state index contributed by atoms with van der Waals surface area (Å²) >= 11 is 0. The van der Waals surface area contributed by atoms with Crippen molar-refractivity contribution in [3.63, 3.8) is 0 Å². The molecule has 1 atom stereocenters. The van der Waals surface area contributed by atoms with Gasteiger partial charge in [0.1, 0.15) is 0 Å². The van der Waals surface area contributed by atoms with E-state index in [9.17, 15) is 19.5 Å². The minimum atomic E-state index is -0.880. The van der Waals surface area contributed by atoms with Crippen LogP contribution < -0.4 is 5.56 Å². The number of amides is 1. The summed E-state index contributed by atoms with van der Waals surface area (Å²) in [4.78, 5) is 38.7. The largest absolute Gasteiger partial charge is 0.481 e. The zero-order chi connectivity index (χ0) is 19.4. The summed E-state index contributed by atoms with van der Waals surface area (Å²) < 4.78 is 1.38. The Balaban J connectivity index is 1.99. The molecule has 1 aromatic carbocycles. The SMILES string of the molecule is CCCCCn1nc(C(=O)N2CCC[C@@H](C(=O)O)C2)c2ccccc2c1=O. The molecule has 1 N–H and O–H groups in total. The molecule has 2 aromatic rings. The molecule has 0 saturated carbocycles. The number of aromatic nitrogens is 2. The smallest absolute Gasteiger partial charge is 0.308 e. The van der Waals surface area contributed by atoms with Crippen LogP contribution in [0.5, 0.6) is 0 Å². The summed E-state index contributed by atoms with van der Waals surface area (Å²) in [5, 5.41) is 14.7. The molecule has 144 valence electrons. The molecule has 0 spiro atoms. The number of likely N-dealkylation sites (tertiary alicyclic amines) is 1. The zero-order valence-electron chi connectivity index (χ0n) is 15.6. The number of aliphatic carboxylic acids is 1. The van der Waals surface area contributed by atoms with E-state index in [0.717, 1.165) is 19.3 Å². The number of hydrogen-bond donors (Lipinski definition) is 1. The first-order chi connectivity index (χ1) is 13.0. The van der Waals surface area contributed by atoms with Gasteiger partial charge in [-0.15, -0.1) is 0 Å². The van der Waals surface area contributed by atoms with Crippen LogP contribution in [0.2, 0.25) is 0 Å². The fourth-order valence-corrected chi connectivity index (χ4v) is 3.57. The number of carbonyl (C=O) groups excluding carboxylic acids is 1. The summed E-state index contributed by atoms with van der Waals surface area (Å²) in [6.45, 7) is 3.24.